The van der Waals surface area contributed by atoms with E-state index < -0.39 is 0 Å². The van der Waals surface area contributed by atoms with E-state index in [1.807, 2.05) is 24.3 Å². The first-order valence-electron chi connectivity index (χ1n) is 6.48. The molecule has 1 N–H and O–H groups in total. The van der Waals surface area contributed by atoms with E-state index in [1.54, 1.807) is 14.2 Å². The zero-order chi connectivity index (χ0) is 14.1. The molecule has 0 radical (unpaired) electrons. The van der Waals surface area contributed by atoms with Crippen molar-refractivity contribution in [3.8, 4) is 11.5 Å². The Labute approximate surface area is 117 Å². The van der Waals surface area contributed by atoms with Gasteiger partial charge in [-0.3, -0.25) is 0 Å². The Morgan fingerprint density at radius 3 is 2.60 bits per heavy atom. The molecule has 2 aromatic rings. The van der Waals surface area contributed by atoms with E-state index in [0.29, 0.717) is 11.5 Å². The van der Waals surface area contributed by atoms with Gasteiger partial charge in [0.05, 0.1) is 20.3 Å². The average Bonchev–Trinajstić information content (AvgIpc) is 2.89. The molecule has 1 heterocycles. The number of benzene rings is 2. The van der Waals surface area contributed by atoms with Gasteiger partial charge in [-0.05, 0) is 41.8 Å². The molecule has 3 nitrogen and oxygen atoms in total. The van der Waals surface area contributed by atoms with Crippen molar-refractivity contribution >= 4 is 5.69 Å². The lowest BCUT2D eigenvalue weighted by molar-refractivity contribution is 0.354. The molecule has 0 amide bonds. The summed E-state index contributed by atoms with van der Waals surface area (Å²) in [5.41, 5.74) is 3.09. The summed E-state index contributed by atoms with van der Waals surface area (Å²) in [6.45, 7) is 0. The van der Waals surface area contributed by atoms with Crippen LogP contribution in [0, 0.1) is 5.82 Å². The summed E-state index contributed by atoms with van der Waals surface area (Å²) in [6, 6.07) is 10.8. The van der Waals surface area contributed by atoms with Gasteiger partial charge >= 0.3 is 0 Å². The lowest BCUT2D eigenvalue weighted by atomic mass is 10.0. The van der Waals surface area contributed by atoms with Gasteiger partial charge in [-0.15, -0.1) is 0 Å². The Balaban J connectivity index is 1.89. The number of hydrogen-bond acceptors (Lipinski definition) is 3. The summed E-state index contributed by atoms with van der Waals surface area (Å²) in [6.07, 6.45) is 0.838. The van der Waals surface area contributed by atoms with Crippen LogP contribution in [0.4, 0.5) is 10.1 Å². The molecular formula is C16H16FNO2. The van der Waals surface area contributed by atoms with Crippen LogP contribution in [0.15, 0.2) is 36.4 Å². The largest absolute Gasteiger partial charge is 0.493 e. The molecule has 1 unspecified atom stereocenters. The summed E-state index contributed by atoms with van der Waals surface area (Å²) in [5.74, 6) is 1.19. The smallest absolute Gasteiger partial charge is 0.161 e. The fraction of sp³-hybridized carbons (Fsp3) is 0.250. The highest BCUT2D eigenvalue weighted by molar-refractivity contribution is 5.59. The first-order valence-corrected chi connectivity index (χ1v) is 6.48. The second-order valence-electron chi connectivity index (χ2n) is 4.82. The van der Waals surface area contributed by atoms with Crippen LogP contribution in [-0.2, 0) is 6.42 Å². The van der Waals surface area contributed by atoms with E-state index in [1.165, 1.54) is 12.1 Å². The number of fused-ring (bicyclic) bond motifs is 1. The van der Waals surface area contributed by atoms with E-state index >= 15 is 0 Å². The van der Waals surface area contributed by atoms with Gasteiger partial charge in [-0.2, -0.15) is 0 Å². The zero-order valence-corrected chi connectivity index (χ0v) is 11.4. The molecule has 0 aliphatic carbocycles. The van der Waals surface area contributed by atoms with Crippen molar-refractivity contribution in [3.05, 3.63) is 53.3 Å². The fourth-order valence-corrected chi connectivity index (χ4v) is 2.59. The van der Waals surface area contributed by atoms with Crippen LogP contribution in [0.3, 0.4) is 0 Å². The maximum absolute atomic E-state index is 13.2. The second-order valence-corrected chi connectivity index (χ2v) is 4.82. The number of hydrogen-bond donors (Lipinski definition) is 1. The van der Waals surface area contributed by atoms with Crippen molar-refractivity contribution < 1.29 is 13.9 Å². The van der Waals surface area contributed by atoms with Gasteiger partial charge in [-0.25, -0.2) is 4.39 Å². The van der Waals surface area contributed by atoms with Gasteiger partial charge < -0.3 is 14.8 Å². The summed E-state index contributed by atoms with van der Waals surface area (Å²) < 4.78 is 23.8. The minimum Gasteiger partial charge on any atom is -0.493 e. The van der Waals surface area contributed by atoms with Crippen LogP contribution in [0.1, 0.15) is 17.2 Å². The molecule has 0 fully saturated rings. The SMILES string of the molecule is COc1ccc(C2Cc3ccc(F)cc3N2)cc1OC. The predicted octanol–water partition coefficient (Wildman–Crippen LogP) is 3.55. The lowest BCUT2D eigenvalue weighted by Crippen LogP contribution is -2.06. The molecular weight excluding hydrogens is 257 g/mol. The van der Waals surface area contributed by atoms with Gasteiger partial charge in [0.2, 0.25) is 0 Å². The summed E-state index contributed by atoms with van der Waals surface area (Å²) in [4.78, 5) is 0. The molecule has 104 valence electrons. The molecule has 1 aliphatic rings. The lowest BCUT2D eigenvalue weighted by Gasteiger charge is -2.15. The Kier molecular flexibility index (Phi) is 3.22. The standard InChI is InChI=1S/C16H16FNO2/c1-19-15-6-4-11(8-16(15)20-2)13-7-10-3-5-12(17)9-14(10)18-13/h3-6,8-9,13,18H,7H2,1-2H3. The quantitative estimate of drug-likeness (QED) is 0.927. The topological polar surface area (TPSA) is 30.5 Å². The first-order chi connectivity index (χ1) is 9.71. The summed E-state index contributed by atoms with van der Waals surface area (Å²) in [7, 11) is 3.23. The molecule has 1 atom stereocenters. The molecule has 0 saturated carbocycles. The molecule has 2 aromatic carbocycles. The van der Waals surface area contributed by atoms with Crippen LogP contribution in [0.25, 0.3) is 0 Å². The Morgan fingerprint density at radius 2 is 1.85 bits per heavy atom. The van der Waals surface area contributed by atoms with E-state index in [9.17, 15) is 4.39 Å². The summed E-state index contributed by atoms with van der Waals surface area (Å²) >= 11 is 0. The van der Waals surface area contributed by atoms with Gasteiger partial charge in [0.15, 0.2) is 11.5 Å². The highest BCUT2D eigenvalue weighted by atomic mass is 19.1. The average molecular weight is 273 g/mol. The van der Waals surface area contributed by atoms with Crippen molar-refractivity contribution in [3.63, 3.8) is 0 Å². The maximum atomic E-state index is 13.2. The van der Waals surface area contributed by atoms with Gasteiger partial charge in [-0.1, -0.05) is 12.1 Å². The second kappa shape index (κ2) is 5.04. The fourth-order valence-electron chi connectivity index (χ4n) is 2.59. The number of methoxy groups -OCH3 is 2. The first kappa shape index (κ1) is 12.8. The number of ether oxygens (including phenoxy) is 2. The van der Waals surface area contributed by atoms with Gasteiger partial charge in [0, 0.05) is 5.69 Å². The normalized spacial score (nSPS) is 16.4. The maximum Gasteiger partial charge on any atom is 0.161 e. The van der Waals surface area contributed by atoms with E-state index in [0.717, 1.165) is 23.2 Å². The van der Waals surface area contributed by atoms with Crippen molar-refractivity contribution in [2.45, 2.75) is 12.5 Å². The molecule has 0 saturated heterocycles. The van der Waals surface area contributed by atoms with E-state index in [-0.39, 0.29) is 11.9 Å². The van der Waals surface area contributed by atoms with Crippen LogP contribution >= 0.6 is 0 Å². The van der Waals surface area contributed by atoms with Gasteiger partial charge in [0.1, 0.15) is 5.82 Å². The predicted molar refractivity (Wildman–Crippen MR) is 76.0 cm³/mol. The third kappa shape index (κ3) is 2.18. The minimum atomic E-state index is -0.218. The van der Waals surface area contributed by atoms with Crippen LogP contribution in [0.2, 0.25) is 0 Å². The van der Waals surface area contributed by atoms with Crippen LogP contribution < -0.4 is 14.8 Å². The Bertz CT molecular complexity index is 642. The Morgan fingerprint density at radius 1 is 1.05 bits per heavy atom. The molecule has 0 bridgehead atoms. The minimum absolute atomic E-state index is 0.131. The highest BCUT2D eigenvalue weighted by Gasteiger charge is 2.23. The summed E-state index contributed by atoms with van der Waals surface area (Å²) in [5, 5.41) is 3.34. The number of halogens is 1. The van der Waals surface area contributed by atoms with E-state index in [2.05, 4.69) is 5.32 Å². The van der Waals surface area contributed by atoms with Gasteiger partial charge in [0.25, 0.3) is 0 Å². The molecule has 1 aliphatic heterocycles. The van der Waals surface area contributed by atoms with Crippen LogP contribution in [0.5, 0.6) is 11.5 Å². The number of anilines is 1. The number of rotatable bonds is 3. The zero-order valence-electron chi connectivity index (χ0n) is 11.4. The molecule has 0 spiro atoms. The van der Waals surface area contributed by atoms with Crippen molar-refractivity contribution in [1.82, 2.24) is 0 Å². The molecule has 20 heavy (non-hydrogen) atoms. The monoisotopic (exact) mass is 273 g/mol. The third-order valence-electron chi connectivity index (χ3n) is 3.64. The van der Waals surface area contributed by atoms with Crippen molar-refractivity contribution in [2.24, 2.45) is 0 Å². The molecule has 4 heteroatoms. The Hall–Kier alpha value is -2.23. The van der Waals surface area contributed by atoms with Crippen molar-refractivity contribution in [2.75, 3.05) is 19.5 Å². The third-order valence-corrected chi connectivity index (χ3v) is 3.64. The molecule has 3 rings (SSSR count). The molecule has 0 aromatic heterocycles. The van der Waals surface area contributed by atoms with Crippen LogP contribution in [-0.4, -0.2) is 14.2 Å². The highest BCUT2D eigenvalue weighted by Crippen LogP contribution is 2.37. The number of nitrogens with one attached hydrogen (secondary N) is 1. The van der Waals surface area contributed by atoms with E-state index in [4.69, 9.17) is 9.47 Å². The van der Waals surface area contributed by atoms with Crippen molar-refractivity contribution in [1.29, 1.82) is 0 Å².